The molecule has 14 heavy (non-hydrogen) atoms. The molecule has 1 amide bonds. The topological polar surface area (TPSA) is 32.3 Å². The van der Waals surface area contributed by atoms with Crippen molar-refractivity contribution < 1.29 is 4.79 Å². The van der Waals surface area contributed by atoms with Gasteiger partial charge in [-0.2, -0.15) is 0 Å². The van der Waals surface area contributed by atoms with Crippen molar-refractivity contribution in [3.8, 4) is 0 Å². The van der Waals surface area contributed by atoms with E-state index in [1.165, 1.54) is 6.42 Å². The van der Waals surface area contributed by atoms with E-state index in [1.807, 2.05) is 11.9 Å². The van der Waals surface area contributed by atoms with E-state index in [2.05, 4.69) is 19.2 Å². The molecular formula is C11H22N2O. The summed E-state index contributed by atoms with van der Waals surface area (Å²) in [6, 6.07) is 0. The Bertz CT molecular complexity index is 188. The van der Waals surface area contributed by atoms with Gasteiger partial charge in [0.25, 0.3) is 0 Å². The molecule has 3 heteroatoms. The Hall–Kier alpha value is -0.570. The summed E-state index contributed by atoms with van der Waals surface area (Å²) in [6.45, 7) is 7.09. The molecule has 1 fully saturated rings. The Morgan fingerprint density at radius 3 is 2.57 bits per heavy atom. The molecule has 0 radical (unpaired) electrons. The number of nitrogens with one attached hydrogen (secondary N) is 1. The molecule has 82 valence electrons. The minimum Gasteiger partial charge on any atom is -0.345 e. The highest BCUT2D eigenvalue weighted by Gasteiger charge is 2.27. The van der Waals surface area contributed by atoms with Gasteiger partial charge in [0.05, 0.1) is 5.92 Å². The van der Waals surface area contributed by atoms with Crippen LogP contribution in [0.25, 0.3) is 0 Å². The number of rotatable bonds is 5. The highest BCUT2D eigenvalue weighted by atomic mass is 16.2. The minimum absolute atomic E-state index is 0.249. The van der Waals surface area contributed by atoms with E-state index in [0.29, 0.717) is 5.91 Å². The fourth-order valence-corrected chi connectivity index (χ4v) is 1.62. The molecule has 1 aliphatic rings. The summed E-state index contributed by atoms with van der Waals surface area (Å²) in [5, 5.41) is 3.12. The van der Waals surface area contributed by atoms with Crippen molar-refractivity contribution >= 4 is 5.91 Å². The second kappa shape index (κ2) is 5.35. The first-order valence-corrected chi connectivity index (χ1v) is 5.57. The predicted molar refractivity (Wildman–Crippen MR) is 58.1 cm³/mol. The van der Waals surface area contributed by atoms with Gasteiger partial charge < -0.3 is 10.2 Å². The van der Waals surface area contributed by atoms with E-state index >= 15 is 0 Å². The van der Waals surface area contributed by atoms with Crippen molar-refractivity contribution in [2.75, 3.05) is 26.7 Å². The van der Waals surface area contributed by atoms with Crippen LogP contribution in [0.3, 0.4) is 0 Å². The van der Waals surface area contributed by atoms with Crippen LogP contribution in [-0.2, 0) is 4.79 Å². The quantitative estimate of drug-likeness (QED) is 0.717. The molecule has 0 unspecified atom stereocenters. The first-order valence-electron chi connectivity index (χ1n) is 5.57. The second-order valence-corrected chi connectivity index (χ2v) is 4.65. The maximum Gasteiger partial charge on any atom is 0.227 e. The van der Waals surface area contributed by atoms with Gasteiger partial charge >= 0.3 is 0 Å². The molecule has 1 rings (SSSR count). The van der Waals surface area contributed by atoms with E-state index < -0.39 is 0 Å². The maximum atomic E-state index is 11.7. The van der Waals surface area contributed by atoms with E-state index in [4.69, 9.17) is 0 Å². The molecule has 1 saturated heterocycles. The zero-order chi connectivity index (χ0) is 10.6. The molecular weight excluding hydrogens is 176 g/mol. The fraction of sp³-hybridized carbons (Fsp3) is 0.909. The van der Waals surface area contributed by atoms with Crippen molar-refractivity contribution in [1.82, 2.24) is 10.2 Å². The number of nitrogens with zero attached hydrogens (tertiary/aromatic N) is 1. The first kappa shape index (κ1) is 11.5. The normalized spacial score (nSPS) is 16.9. The molecule has 1 N–H and O–H groups in total. The number of amides is 1. The van der Waals surface area contributed by atoms with Crippen molar-refractivity contribution in [2.45, 2.75) is 26.7 Å². The van der Waals surface area contributed by atoms with Crippen LogP contribution in [0.5, 0.6) is 0 Å². The van der Waals surface area contributed by atoms with Gasteiger partial charge in [-0.3, -0.25) is 4.79 Å². The Morgan fingerprint density at radius 1 is 1.50 bits per heavy atom. The third-order valence-electron chi connectivity index (χ3n) is 2.78. The zero-order valence-corrected chi connectivity index (χ0v) is 9.55. The summed E-state index contributed by atoms with van der Waals surface area (Å²) in [5.74, 6) is 1.30. The molecule has 0 spiro atoms. The maximum absolute atomic E-state index is 11.7. The van der Waals surface area contributed by atoms with Crippen LogP contribution < -0.4 is 5.32 Å². The van der Waals surface area contributed by atoms with Crippen LogP contribution in [0.2, 0.25) is 0 Å². The summed E-state index contributed by atoms with van der Waals surface area (Å²) in [5.41, 5.74) is 0. The number of carbonyl (C=O) groups excluding carboxylic acids is 1. The summed E-state index contributed by atoms with van der Waals surface area (Å²) < 4.78 is 0. The first-order chi connectivity index (χ1) is 6.61. The molecule has 0 aliphatic carbocycles. The van der Waals surface area contributed by atoms with Gasteiger partial charge in [-0.15, -0.1) is 0 Å². The summed E-state index contributed by atoms with van der Waals surface area (Å²) >= 11 is 0. The van der Waals surface area contributed by atoms with Crippen molar-refractivity contribution in [1.29, 1.82) is 0 Å². The zero-order valence-electron chi connectivity index (χ0n) is 9.55. The summed E-state index contributed by atoms with van der Waals surface area (Å²) in [6.07, 6.45) is 2.33. The second-order valence-electron chi connectivity index (χ2n) is 4.65. The highest BCUT2D eigenvalue weighted by molar-refractivity contribution is 5.79. The average molecular weight is 198 g/mol. The SMILES string of the molecule is CC(C)CCCN(C)C(=O)C1CNC1. The molecule has 1 aliphatic heterocycles. The molecule has 0 atom stereocenters. The van der Waals surface area contributed by atoms with Crippen molar-refractivity contribution in [3.05, 3.63) is 0 Å². The Kier molecular flexibility index (Phi) is 4.39. The average Bonchev–Trinajstić information content (AvgIpc) is 2.00. The largest absolute Gasteiger partial charge is 0.345 e. The van der Waals surface area contributed by atoms with Gasteiger partial charge in [0, 0.05) is 26.7 Å². The number of hydrogen-bond acceptors (Lipinski definition) is 2. The van der Waals surface area contributed by atoms with Gasteiger partial charge in [0.2, 0.25) is 5.91 Å². The van der Waals surface area contributed by atoms with Crippen LogP contribution in [-0.4, -0.2) is 37.5 Å². The Labute approximate surface area is 86.9 Å². The minimum atomic E-state index is 0.249. The van der Waals surface area contributed by atoms with Gasteiger partial charge in [0.1, 0.15) is 0 Å². The van der Waals surface area contributed by atoms with Crippen LogP contribution in [0.15, 0.2) is 0 Å². The van der Waals surface area contributed by atoms with Gasteiger partial charge in [-0.25, -0.2) is 0 Å². The molecule has 1 heterocycles. The summed E-state index contributed by atoms with van der Waals surface area (Å²) in [4.78, 5) is 13.6. The fourth-order valence-electron chi connectivity index (χ4n) is 1.62. The van der Waals surface area contributed by atoms with Gasteiger partial charge in [-0.1, -0.05) is 13.8 Å². The van der Waals surface area contributed by atoms with Crippen molar-refractivity contribution in [2.24, 2.45) is 11.8 Å². The molecule has 0 aromatic heterocycles. The molecule has 0 saturated carbocycles. The molecule has 0 bridgehead atoms. The third-order valence-corrected chi connectivity index (χ3v) is 2.78. The lowest BCUT2D eigenvalue weighted by molar-refractivity contribution is -0.135. The lowest BCUT2D eigenvalue weighted by Gasteiger charge is -2.30. The van der Waals surface area contributed by atoms with E-state index in [-0.39, 0.29) is 5.92 Å². The molecule has 0 aromatic carbocycles. The third kappa shape index (κ3) is 3.29. The molecule has 0 aromatic rings. The lowest BCUT2D eigenvalue weighted by Crippen LogP contribution is -2.51. The number of carbonyl (C=O) groups is 1. The Balaban J connectivity index is 2.13. The van der Waals surface area contributed by atoms with Crippen molar-refractivity contribution in [3.63, 3.8) is 0 Å². The van der Waals surface area contributed by atoms with Gasteiger partial charge in [-0.05, 0) is 18.8 Å². The Morgan fingerprint density at radius 2 is 2.14 bits per heavy atom. The predicted octanol–water partition coefficient (Wildman–Crippen LogP) is 1.10. The monoisotopic (exact) mass is 198 g/mol. The lowest BCUT2D eigenvalue weighted by atomic mass is 10.0. The highest BCUT2D eigenvalue weighted by Crippen LogP contribution is 2.09. The standard InChI is InChI=1S/C11H22N2O/c1-9(2)5-4-6-13(3)11(14)10-7-12-8-10/h9-10,12H,4-8H2,1-3H3. The number of hydrogen-bond donors (Lipinski definition) is 1. The van der Waals surface area contributed by atoms with E-state index in [0.717, 1.165) is 32.0 Å². The van der Waals surface area contributed by atoms with Crippen LogP contribution in [0.4, 0.5) is 0 Å². The van der Waals surface area contributed by atoms with Gasteiger partial charge in [0.15, 0.2) is 0 Å². The molecule has 3 nitrogen and oxygen atoms in total. The van der Waals surface area contributed by atoms with Crippen LogP contribution >= 0.6 is 0 Å². The smallest absolute Gasteiger partial charge is 0.227 e. The van der Waals surface area contributed by atoms with E-state index in [9.17, 15) is 4.79 Å². The van der Waals surface area contributed by atoms with Crippen LogP contribution in [0, 0.1) is 11.8 Å². The summed E-state index contributed by atoms with van der Waals surface area (Å²) in [7, 11) is 1.92. The van der Waals surface area contributed by atoms with Crippen LogP contribution in [0.1, 0.15) is 26.7 Å². The van der Waals surface area contributed by atoms with E-state index in [1.54, 1.807) is 0 Å².